The van der Waals surface area contributed by atoms with Gasteiger partial charge in [-0.05, 0) is 56.8 Å². The van der Waals surface area contributed by atoms with Crippen molar-refractivity contribution in [3.8, 4) is 0 Å². The SMILES string of the molecule is O=C1CCC2(CCN(CC3CCCCC3)CC2)N1CC1CC1.O=CO. The zero-order valence-corrected chi connectivity index (χ0v) is 15.5. The molecular formula is C20H34N2O3. The van der Waals surface area contributed by atoms with Crippen LogP contribution in [0.2, 0.25) is 0 Å². The van der Waals surface area contributed by atoms with Crippen LogP contribution in [0.5, 0.6) is 0 Å². The predicted octanol–water partition coefficient (Wildman–Crippen LogP) is 3.13. The van der Waals surface area contributed by atoms with Crippen molar-refractivity contribution in [2.75, 3.05) is 26.2 Å². The number of hydrogen-bond donors (Lipinski definition) is 1. The number of carboxylic acid groups (broad SMARTS) is 1. The molecule has 0 aromatic heterocycles. The van der Waals surface area contributed by atoms with Crippen LogP contribution >= 0.6 is 0 Å². The highest BCUT2D eigenvalue weighted by Gasteiger charge is 2.48. The number of rotatable bonds is 4. The monoisotopic (exact) mass is 350 g/mol. The maximum absolute atomic E-state index is 12.3. The fourth-order valence-electron chi connectivity index (χ4n) is 5.13. The van der Waals surface area contributed by atoms with Crippen LogP contribution in [-0.4, -0.2) is 59.0 Å². The third-order valence-corrected chi connectivity index (χ3v) is 6.84. The summed E-state index contributed by atoms with van der Waals surface area (Å²) in [4.78, 5) is 25.7. The third-order valence-electron chi connectivity index (χ3n) is 6.84. The molecule has 2 saturated heterocycles. The molecular weight excluding hydrogens is 316 g/mol. The fourth-order valence-corrected chi connectivity index (χ4v) is 5.13. The Morgan fingerprint density at radius 1 is 0.960 bits per heavy atom. The van der Waals surface area contributed by atoms with Gasteiger partial charge in [-0.1, -0.05) is 19.3 Å². The van der Waals surface area contributed by atoms with E-state index in [1.165, 1.54) is 77.4 Å². The number of hydrogen-bond acceptors (Lipinski definition) is 3. The van der Waals surface area contributed by atoms with Crippen molar-refractivity contribution in [3.05, 3.63) is 0 Å². The number of nitrogens with zero attached hydrogens (tertiary/aromatic N) is 2. The largest absolute Gasteiger partial charge is 0.483 e. The van der Waals surface area contributed by atoms with Crippen LogP contribution in [0.25, 0.3) is 0 Å². The van der Waals surface area contributed by atoms with Crippen LogP contribution in [0.3, 0.4) is 0 Å². The Balaban J connectivity index is 0.000000569. The molecule has 0 aromatic carbocycles. The summed E-state index contributed by atoms with van der Waals surface area (Å²) in [7, 11) is 0. The van der Waals surface area contributed by atoms with Gasteiger partial charge in [0, 0.05) is 38.1 Å². The minimum absolute atomic E-state index is 0.250. The second kappa shape index (κ2) is 8.52. The average Bonchev–Trinajstić information content (AvgIpc) is 3.40. The van der Waals surface area contributed by atoms with Crippen molar-refractivity contribution in [1.82, 2.24) is 9.80 Å². The Kier molecular flexibility index (Phi) is 6.37. The summed E-state index contributed by atoms with van der Waals surface area (Å²) in [6.07, 6.45) is 14.4. The summed E-state index contributed by atoms with van der Waals surface area (Å²) in [6, 6.07) is 0. The molecule has 142 valence electrons. The van der Waals surface area contributed by atoms with E-state index in [4.69, 9.17) is 9.90 Å². The van der Waals surface area contributed by atoms with E-state index in [9.17, 15) is 4.79 Å². The van der Waals surface area contributed by atoms with E-state index in [1.807, 2.05) is 0 Å². The van der Waals surface area contributed by atoms with Gasteiger partial charge < -0.3 is 14.9 Å². The second-order valence-electron chi connectivity index (χ2n) is 8.58. The van der Waals surface area contributed by atoms with Crippen LogP contribution in [0, 0.1) is 11.8 Å². The van der Waals surface area contributed by atoms with Crippen molar-refractivity contribution in [2.24, 2.45) is 11.8 Å². The molecule has 2 saturated carbocycles. The number of piperidine rings is 1. The first-order valence-corrected chi connectivity index (χ1v) is 10.3. The van der Waals surface area contributed by atoms with E-state index in [0.29, 0.717) is 5.91 Å². The van der Waals surface area contributed by atoms with Crippen LogP contribution in [0.15, 0.2) is 0 Å². The molecule has 25 heavy (non-hydrogen) atoms. The maximum atomic E-state index is 12.3. The molecule has 0 radical (unpaired) electrons. The molecule has 4 rings (SSSR count). The Labute approximate surface area is 151 Å². The lowest BCUT2D eigenvalue weighted by molar-refractivity contribution is -0.133. The number of carbonyl (C=O) groups excluding carboxylic acids is 1. The predicted molar refractivity (Wildman–Crippen MR) is 97.3 cm³/mol. The lowest BCUT2D eigenvalue weighted by Gasteiger charge is -2.46. The lowest BCUT2D eigenvalue weighted by atomic mass is 9.83. The van der Waals surface area contributed by atoms with Crippen molar-refractivity contribution < 1.29 is 14.7 Å². The van der Waals surface area contributed by atoms with Gasteiger partial charge in [0.25, 0.3) is 6.47 Å². The molecule has 5 nitrogen and oxygen atoms in total. The smallest absolute Gasteiger partial charge is 0.290 e. The molecule has 2 heterocycles. The molecule has 4 aliphatic rings. The third kappa shape index (κ3) is 4.75. The van der Waals surface area contributed by atoms with E-state index in [-0.39, 0.29) is 12.0 Å². The molecule has 0 atom stereocenters. The van der Waals surface area contributed by atoms with Gasteiger partial charge in [0.05, 0.1) is 0 Å². The zero-order valence-electron chi connectivity index (χ0n) is 15.5. The normalized spacial score (nSPS) is 27.2. The highest BCUT2D eigenvalue weighted by Crippen LogP contribution is 2.42. The average molecular weight is 351 g/mol. The highest BCUT2D eigenvalue weighted by molar-refractivity contribution is 5.79. The number of amides is 1. The summed E-state index contributed by atoms with van der Waals surface area (Å²) in [6.45, 7) is 4.60. The topological polar surface area (TPSA) is 60.9 Å². The van der Waals surface area contributed by atoms with Gasteiger partial charge in [0.15, 0.2) is 0 Å². The first-order valence-electron chi connectivity index (χ1n) is 10.3. The summed E-state index contributed by atoms with van der Waals surface area (Å²) in [5, 5.41) is 6.89. The quantitative estimate of drug-likeness (QED) is 0.791. The lowest BCUT2D eigenvalue weighted by Crippen LogP contribution is -2.54. The summed E-state index contributed by atoms with van der Waals surface area (Å²) >= 11 is 0. The van der Waals surface area contributed by atoms with Crippen LogP contribution in [0.1, 0.15) is 70.6 Å². The number of likely N-dealkylation sites (tertiary alicyclic amines) is 2. The molecule has 2 aliphatic heterocycles. The number of carbonyl (C=O) groups is 2. The molecule has 1 spiro atoms. The van der Waals surface area contributed by atoms with E-state index in [1.54, 1.807) is 0 Å². The summed E-state index contributed by atoms with van der Waals surface area (Å²) < 4.78 is 0. The molecule has 0 bridgehead atoms. The molecule has 0 aromatic rings. The van der Waals surface area contributed by atoms with Crippen molar-refractivity contribution in [3.63, 3.8) is 0 Å². The van der Waals surface area contributed by atoms with Gasteiger partial charge in [-0.3, -0.25) is 9.59 Å². The van der Waals surface area contributed by atoms with Gasteiger partial charge in [-0.25, -0.2) is 0 Å². The first kappa shape index (κ1) is 18.7. The van der Waals surface area contributed by atoms with E-state index in [2.05, 4.69) is 9.80 Å². The van der Waals surface area contributed by atoms with Crippen LogP contribution in [0.4, 0.5) is 0 Å². The minimum Gasteiger partial charge on any atom is -0.483 e. The van der Waals surface area contributed by atoms with Gasteiger partial charge in [-0.15, -0.1) is 0 Å². The molecule has 1 N–H and O–H groups in total. The van der Waals surface area contributed by atoms with Crippen molar-refractivity contribution in [1.29, 1.82) is 0 Å². The van der Waals surface area contributed by atoms with Gasteiger partial charge in [0.1, 0.15) is 0 Å². The molecule has 2 aliphatic carbocycles. The van der Waals surface area contributed by atoms with Crippen molar-refractivity contribution >= 4 is 12.4 Å². The van der Waals surface area contributed by atoms with Gasteiger partial charge in [-0.2, -0.15) is 0 Å². The summed E-state index contributed by atoms with van der Waals surface area (Å²) in [5.41, 5.74) is 0.253. The molecule has 1 amide bonds. The molecule has 0 unspecified atom stereocenters. The Morgan fingerprint density at radius 2 is 1.56 bits per heavy atom. The Bertz CT molecular complexity index is 450. The maximum Gasteiger partial charge on any atom is 0.290 e. The van der Waals surface area contributed by atoms with Crippen LogP contribution in [-0.2, 0) is 9.59 Å². The van der Waals surface area contributed by atoms with Gasteiger partial charge in [0.2, 0.25) is 5.91 Å². The fraction of sp³-hybridized carbons (Fsp3) is 0.900. The van der Waals surface area contributed by atoms with E-state index < -0.39 is 0 Å². The van der Waals surface area contributed by atoms with Crippen LogP contribution < -0.4 is 0 Å². The molecule has 5 heteroatoms. The Hall–Kier alpha value is -1.10. The summed E-state index contributed by atoms with van der Waals surface area (Å²) in [5.74, 6) is 2.24. The minimum atomic E-state index is -0.250. The molecule has 4 fully saturated rings. The van der Waals surface area contributed by atoms with E-state index in [0.717, 1.165) is 31.2 Å². The first-order chi connectivity index (χ1) is 12.2. The zero-order chi connectivity index (χ0) is 17.7. The standard InChI is InChI=1S/C19H32N2O.CH2O2/c22-18-8-9-19(21(18)15-17-6-7-17)10-12-20(13-11-19)14-16-4-2-1-3-5-16;2-1-3/h16-17H,1-15H2;1H,(H,2,3). The highest BCUT2D eigenvalue weighted by atomic mass is 16.3. The van der Waals surface area contributed by atoms with Crippen molar-refractivity contribution in [2.45, 2.75) is 76.2 Å². The Morgan fingerprint density at radius 3 is 2.16 bits per heavy atom. The second-order valence-corrected chi connectivity index (χ2v) is 8.58. The van der Waals surface area contributed by atoms with Gasteiger partial charge >= 0.3 is 0 Å². The van der Waals surface area contributed by atoms with E-state index >= 15 is 0 Å².